The average molecular weight is 796 g/mol. The largest absolute Gasteiger partial charge is 0.481 e. The van der Waals surface area contributed by atoms with Gasteiger partial charge >= 0.3 is 0 Å². The number of fused-ring (bicyclic) bond motifs is 1. The zero-order valence-electron chi connectivity index (χ0n) is 34.0. The number of rotatable bonds is 11. The van der Waals surface area contributed by atoms with Gasteiger partial charge in [-0.25, -0.2) is 4.98 Å². The summed E-state index contributed by atoms with van der Waals surface area (Å²) in [5, 5.41) is 17.8. The van der Waals surface area contributed by atoms with Gasteiger partial charge in [0.15, 0.2) is 11.8 Å². The quantitative estimate of drug-likeness (QED) is 0.125. The van der Waals surface area contributed by atoms with Crippen LogP contribution in [-0.2, 0) is 21.4 Å². The number of amides is 3. The normalized spacial score (nSPS) is 16.9. The van der Waals surface area contributed by atoms with Crippen LogP contribution in [0.5, 0.6) is 5.75 Å². The lowest BCUT2D eigenvalue weighted by Gasteiger charge is -2.36. The van der Waals surface area contributed by atoms with Crippen molar-refractivity contribution in [2.75, 3.05) is 37.6 Å². The summed E-state index contributed by atoms with van der Waals surface area (Å²) in [4.78, 5) is 50.3. The Kier molecular flexibility index (Phi) is 11.0. The number of carbonyl (C=O) groups is 3. The molecule has 3 aromatic heterocycles. The minimum atomic E-state index is -0.628. The van der Waals surface area contributed by atoms with E-state index in [9.17, 15) is 14.4 Å². The van der Waals surface area contributed by atoms with Gasteiger partial charge in [0, 0.05) is 79.4 Å². The number of aromatic nitrogens is 5. The van der Waals surface area contributed by atoms with E-state index in [2.05, 4.69) is 82.2 Å². The maximum atomic E-state index is 12.9. The van der Waals surface area contributed by atoms with Gasteiger partial charge < -0.3 is 19.5 Å². The first-order valence-corrected chi connectivity index (χ1v) is 20.1. The summed E-state index contributed by atoms with van der Waals surface area (Å²) in [6, 6.07) is 24.6. The first-order valence-electron chi connectivity index (χ1n) is 20.1. The van der Waals surface area contributed by atoms with Crippen LogP contribution in [0.3, 0.4) is 0 Å². The number of piperazine rings is 1. The molecular weight excluding hydrogens is 747 g/mol. The molecule has 2 fully saturated rings. The molecule has 2 unspecified atom stereocenters. The summed E-state index contributed by atoms with van der Waals surface area (Å²) in [6.45, 7) is 14.7. The van der Waals surface area contributed by atoms with Crippen LogP contribution < -0.4 is 20.3 Å². The van der Waals surface area contributed by atoms with Crippen LogP contribution in [-0.4, -0.2) is 86.8 Å². The van der Waals surface area contributed by atoms with E-state index >= 15 is 0 Å². The summed E-state index contributed by atoms with van der Waals surface area (Å²) in [6.07, 6.45) is 2.86. The highest BCUT2D eigenvalue weighted by Gasteiger charge is 2.28. The molecule has 304 valence electrons. The number of ether oxygens (including phenoxy) is 1. The second-order valence-electron chi connectivity index (χ2n) is 16.5. The summed E-state index contributed by atoms with van der Waals surface area (Å²) < 4.78 is 11.1. The van der Waals surface area contributed by atoms with E-state index in [-0.39, 0.29) is 35.0 Å². The Morgan fingerprint density at radius 1 is 0.966 bits per heavy atom. The van der Waals surface area contributed by atoms with Crippen molar-refractivity contribution in [3.05, 3.63) is 107 Å². The molecule has 2 saturated heterocycles. The van der Waals surface area contributed by atoms with Crippen molar-refractivity contribution in [2.45, 2.75) is 71.4 Å². The van der Waals surface area contributed by atoms with Crippen molar-refractivity contribution in [1.29, 1.82) is 0 Å². The summed E-state index contributed by atoms with van der Waals surface area (Å²) in [5.41, 5.74) is 8.66. The van der Waals surface area contributed by atoms with Crippen molar-refractivity contribution in [2.24, 2.45) is 0 Å². The molecule has 0 bridgehead atoms. The Bertz CT molecular complexity index is 2480. The van der Waals surface area contributed by atoms with Gasteiger partial charge in [-0.2, -0.15) is 10.1 Å². The van der Waals surface area contributed by atoms with Gasteiger partial charge in [0.25, 0.3) is 17.6 Å². The zero-order chi connectivity index (χ0) is 41.3. The zero-order valence-corrected chi connectivity index (χ0v) is 34.0. The van der Waals surface area contributed by atoms with Gasteiger partial charge in [-0.3, -0.25) is 29.7 Å². The third-order valence-corrected chi connectivity index (χ3v) is 11.1. The topological polar surface area (TPSA) is 171 Å². The number of H-pyrrole nitrogens is 1. The van der Waals surface area contributed by atoms with Crippen molar-refractivity contribution >= 4 is 34.4 Å². The maximum Gasteiger partial charge on any atom is 0.293 e. The second kappa shape index (κ2) is 16.5. The number of aromatic amines is 1. The van der Waals surface area contributed by atoms with E-state index in [1.807, 2.05) is 77.2 Å². The van der Waals surface area contributed by atoms with E-state index in [1.165, 1.54) is 11.3 Å². The van der Waals surface area contributed by atoms with Crippen LogP contribution in [0.1, 0.15) is 79.8 Å². The van der Waals surface area contributed by atoms with Crippen LogP contribution in [0.4, 0.5) is 5.69 Å². The highest BCUT2D eigenvalue weighted by Crippen LogP contribution is 2.32. The highest BCUT2D eigenvalue weighted by molar-refractivity contribution is 6.00. The number of pyridine rings is 1. The number of hydrogen-bond donors (Lipinski definition) is 3. The fourth-order valence-corrected chi connectivity index (χ4v) is 7.62. The number of nitrogens with one attached hydrogen (secondary N) is 3. The lowest BCUT2D eigenvalue weighted by molar-refractivity contribution is -0.138. The Morgan fingerprint density at radius 2 is 1.71 bits per heavy atom. The Morgan fingerprint density at radius 3 is 2.41 bits per heavy atom. The molecule has 8 rings (SSSR count). The molecule has 2 aliphatic heterocycles. The second-order valence-corrected chi connectivity index (χ2v) is 16.5. The van der Waals surface area contributed by atoms with E-state index in [4.69, 9.17) is 9.26 Å². The van der Waals surface area contributed by atoms with Crippen molar-refractivity contribution in [1.82, 2.24) is 40.9 Å². The molecule has 3 amide bonds. The van der Waals surface area contributed by atoms with E-state index in [0.29, 0.717) is 30.1 Å². The van der Waals surface area contributed by atoms with Crippen molar-refractivity contribution in [3.8, 4) is 28.1 Å². The van der Waals surface area contributed by atoms with Gasteiger partial charge in [0.05, 0.1) is 11.7 Å². The summed E-state index contributed by atoms with van der Waals surface area (Å²) in [5.74, 6) is 0.0674. The molecule has 14 nitrogen and oxygen atoms in total. The van der Waals surface area contributed by atoms with Crippen LogP contribution in [0.2, 0.25) is 0 Å². The Labute approximate surface area is 342 Å². The molecule has 14 heteroatoms. The summed E-state index contributed by atoms with van der Waals surface area (Å²) in [7, 11) is 0. The smallest absolute Gasteiger partial charge is 0.293 e. The highest BCUT2D eigenvalue weighted by atomic mass is 16.5. The van der Waals surface area contributed by atoms with E-state index < -0.39 is 6.10 Å². The minimum Gasteiger partial charge on any atom is -0.481 e. The third kappa shape index (κ3) is 8.87. The molecule has 3 aromatic carbocycles. The number of hydrogen-bond acceptors (Lipinski definition) is 11. The van der Waals surface area contributed by atoms with Crippen LogP contribution >= 0.6 is 0 Å². The third-order valence-electron chi connectivity index (χ3n) is 11.1. The van der Waals surface area contributed by atoms with Gasteiger partial charge in [0.1, 0.15) is 5.75 Å². The van der Waals surface area contributed by atoms with Crippen LogP contribution in [0, 0.1) is 6.92 Å². The average Bonchev–Trinajstić information content (AvgIpc) is 3.91. The molecule has 3 N–H and O–H groups in total. The van der Waals surface area contributed by atoms with Crippen LogP contribution in [0.15, 0.2) is 83.5 Å². The van der Waals surface area contributed by atoms with Gasteiger partial charge in [0.2, 0.25) is 11.8 Å². The molecule has 59 heavy (non-hydrogen) atoms. The molecule has 6 aromatic rings. The number of anilines is 1. The lowest BCUT2D eigenvalue weighted by Crippen LogP contribution is -2.47. The number of aryl methyl sites for hydroxylation is 1. The molecule has 2 atom stereocenters. The number of imide groups is 1. The lowest BCUT2D eigenvalue weighted by atomic mass is 9.97. The molecule has 0 radical (unpaired) electrons. The molecule has 0 saturated carbocycles. The van der Waals surface area contributed by atoms with Gasteiger partial charge in [-0.05, 0) is 78.9 Å². The fourth-order valence-electron chi connectivity index (χ4n) is 7.62. The van der Waals surface area contributed by atoms with Crippen molar-refractivity contribution < 1.29 is 23.6 Å². The predicted octanol–water partition coefficient (Wildman–Crippen LogP) is 6.32. The molecule has 0 spiro atoms. The fraction of sp³-hybridized carbons (Fsp3) is 0.356. The number of piperidine rings is 1. The van der Waals surface area contributed by atoms with Gasteiger partial charge in [-0.15, -0.1) is 0 Å². The first kappa shape index (κ1) is 39.4. The standard InChI is InChI=1S/C45H49N9O5/c1-27-24-31(10-15-35(27)28(2)47-43(57)41-49-44(59-52-41)45(3,4)5)39-36-25-32(26-46-40(36)51-50-39)30-8-11-33(12-9-30)54-22-20-53(21-23-54)19-18-29-6-13-34(14-7-29)58-37-16-17-38(55)48-42(37)56/h6-15,24-26,28,37H,16-23H2,1-5H3,(H,47,57)(H,46,50,51)(H,48,55,56). The van der Waals surface area contributed by atoms with Crippen molar-refractivity contribution in [3.63, 3.8) is 0 Å². The van der Waals surface area contributed by atoms with Crippen LogP contribution in [0.25, 0.3) is 33.4 Å². The van der Waals surface area contributed by atoms with E-state index in [0.717, 1.165) is 78.0 Å². The minimum absolute atomic E-state index is 0.0200. The number of carbonyl (C=O) groups excluding carboxylic acids is 3. The summed E-state index contributed by atoms with van der Waals surface area (Å²) >= 11 is 0. The molecule has 5 heterocycles. The maximum absolute atomic E-state index is 12.9. The SMILES string of the molecule is Cc1cc(-c2[nH]nc3ncc(-c4ccc(N5CCN(CCc6ccc(OC7CCC(=O)NC7=O)cc6)CC5)cc4)cc23)ccc1C(C)NC(=O)c1noc(C(C)(C)C)n1. The molecular formula is C45H49N9O5. The monoisotopic (exact) mass is 795 g/mol. The number of nitrogens with zero attached hydrogens (tertiary/aromatic N) is 6. The van der Waals surface area contributed by atoms with Gasteiger partial charge in [-0.1, -0.05) is 62.3 Å². The Hall–Kier alpha value is -6.41. The molecule has 0 aliphatic carbocycles. The Balaban J connectivity index is 0.852. The first-order chi connectivity index (χ1) is 28.4. The van der Waals surface area contributed by atoms with E-state index in [1.54, 1.807) is 0 Å². The predicted molar refractivity (Wildman–Crippen MR) is 224 cm³/mol. The number of benzene rings is 3. The molecule has 2 aliphatic rings.